The molecule has 26 heavy (non-hydrogen) atoms. The number of ether oxygens (including phenoxy) is 1. The van der Waals surface area contributed by atoms with Crippen molar-refractivity contribution in [3.63, 3.8) is 0 Å². The predicted molar refractivity (Wildman–Crippen MR) is 93.2 cm³/mol. The fourth-order valence-corrected chi connectivity index (χ4v) is 4.08. The van der Waals surface area contributed by atoms with E-state index in [4.69, 9.17) is 13.8 Å². The molecule has 0 aromatic carbocycles. The van der Waals surface area contributed by atoms with Crippen molar-refractivity contribution in [2.75, 3.05) is 47.5 Å². The van der Waals surface area contributed by atoms with Crippen LogP contribution in [-0.2, 0) is 18.6 Å². The zero-order valence-corrected chi connectivity index (χ0v) is 16.2. The van der Waals surface area contributed by atoms with Crippen LogP contribution in [0.5, 0.6) is 0 Å². The standard InChI is InChI=1S/C15H28N3O7P/c1-16(2)15(21)18-6-13(20)4-12(18)9-24-26(22)25-14-5-11(8-23-3)17(7-14)10-19/h10-14,20,22H,4-9H2,1-3H3/t11-,12-,13?,14?,26?/m0/s1. The number of nitrogens with zero attached hydrogens (tertiary/aromatic N) is 3. The van der Waals surface area contributed by atoms with E-state index in [1.54, 1.807) is 26.1 Å². The van der Waals surface area contributed by atoms with E-state index < -0.39 is 14.7 Å². The second-order valence-corrected chi connectivity index (χ2v) is 7.73. The van der Waals surface area contributed by atoms with Crippen molar-refractivity contribution in [1.29, 1.82) is 0 Å². The number of aliphatic hydroxyl groups is 1. The third-order valence-electron chi connectivity index (χ3n) is 4.55. The van der Waals surface area contributed by atoms with Gasteiger partial charge in [-0.2, -0.15) is 0 Å². The van der Waals surface area contributed by atoms with E-state index in [0.717, 1.165) is 6.41 Å². The monoisotopic (exact) mass is 393 g/mol. The van der Waals surface area contributed by atoms with Gasteiger partial charge in [0.25, 0.3) is 0 Å². The van der Waals surface area contributed by atoms with E-state index in [1.807, 2.05) is 0 Å². The molecule has 2 aliphatic heterocycles. The largest absolute Gasteiger partial charge is 0.391 e. The quantitative estimate of drug-likeness (QED) is 0.426. The predicted octanol–water partition coefficient (Wildman–Crippen LogP) is -0.399. The van der Waals surface area contributed by atoms with Crippen LogP contribution < -0.4 is 0 Å². The number of aliphatic hydroxyl groups excluding tert-OH is 1. The summed E-state index contributed by atoms with van der Waals surface area (Å²) < 4.78 is 16.0. The van der Waals surface area contributed by atoms with E-state index in [2.05, 4.69) is 0 Å². The summed E-state index contributed by atoms with van der Waals surface area (Å²) in [6, 6.07) is -0.612. The normalized spacial score (nSPS) is 29.9. The van der Waals surface area contributed by atoms with Gasteiger partial charge in [0.15, 0.2) is 0 Å². The number of hydrogen-bond donors (Lipinski definition) is 2. The Hall–Kier alpha value is -1.03. The van der Waals surface area contributed by atoms with Crippen LogP contribution in [0.2, 0.25) is 0 Å². The molecule has 3 amide bonds. The van der Waals surface area contributed by atoms with E-state index in [-0.39, 0.29) is 37.4 Å². The molecule has 0 aromatic heterocycles. The molecule has 0 saturated carbocycles. The van der Waals surface area contributed by atoms with Crippen LogP contribution >= 0.6 is 8.60 Å². The number of β-amino-alcohol motifs (C(OH)–C–C–N with tert-alkyl or cyclic N) is 1. The summed E-state index contributed by atoms with van der Waals surface area (Å²) in [5.41, 5.74) is 0. The maximum absolute atomic E-state index is 12.1. The topological polar surface area (TPSA) is 112 Å². The molecule has 0 aliphatic carbocycles. The number of urea groups is 1. The van der Waals surface area contributed by atoms with Crippen molar-refractivity contribution in [2.45, 2.75) is 37.1 Å². The Morgan fingerprint density at radius 3 is 2.62 bits per heavy atom. The number of carbonyl (C=O) groups is 2. The molecule has 2 fully saturated rings. The molecule has 10 nitrogen and oxygen atoms in total. The number of methoxy groups -OCH3 is 1. The lowest BCUT2D eigenvalue weighted by molar-refractivity contribution is -0.119. The Kier molecular flexibility index (Phi) is 8.00. The fourth-order valence-electron chi connectivity index (χ4n) is 3.31. The second kappa shape index (κ2) is 9.77. The Morgan fingerprint density at radius 1 is 1.27 bits per heavy atom. The summed E-state index contributed by atoms with van der Waals surface area (Å²) >= 11 is 0. The van der Waals surface area contributed by atoms with Crippen LogP contribution in [0.25, 0.3) is 0 Å². The lowest BCUT2D eigenvalue weighted by atomic mass is 10.2. The Bertz CT molecular complexity index is 484. The third-order valence-corrected chi connectivity index (χ3v) is 5.40. The summed E-state index contributed by atoms with van der Waals surface area (Å²) in [5, 5.41) is 9.82. The second-order valence-electron chi connectivity index (χ2n) is 6.78. The zero-order chi connectivity index (χ0) is 19.3. The first-order chi connectivity index (χ1) is 12.3. The summed E-state index contributed by atoms with van der Waals surface area (Å²) in [6.45, 7) is 1.09. The first-order valence-electron chi connectivity index (χ1n) is 8.50. The molecule has 2 N–H and O–H groups in total. The molecule has 2 rings (SSSR count). The highest BCUT2D eigenvalue weighted by Crippen LogP contribution is 2.38. The molecule has 2 aliphatic rings. The third kappa shape index (κ3) is 5.48. The molecule has 0 spiro atoms. The van der Waals surface area contributed by atoms with E-state index in [1.165, 1.54) is 9.80 Å². The maximum atomic E-state index is 12.1. The summed E-state index contributed by atoms with van der Waals surface area (Å²) in [4.78, 5) is 37.8. The Balaban J connectivity index is 1.80. The summed E-state index contributed by atoms with van der Waals surface area (Å²) in [5.74, 6) is 0. The highest BCUT2D eigenvalue weighted by atomic mass is 31.2. The first kappa shape index (κ1) is 21.3. The van der Waals surface area contributed by atoms with Crippen molar-refractivity contribution in [3.05, 3.63) is 0 Å². The lowest BCUT2D eigenvalue weighted by Gasteiger charge is -2.27. The first-order valence-corrected chi connectivity index (χ1v) is 9.63. The van der Waals surface area contributed by atoms with Gasteiger partial charge in [-0.3, -0.25) is 4.79 Å². The van der Waals surface area contributed by atoms with Crippen LogP contribution in [-0.4, -0.2) is 109 Å². The molecule has 0 aromatic rings. The lowest BCUT2D eigenvalue weighted by Crippen LogP contribution is -2.44. The van der Waals surface area contributed by atoms with Gasteiger partial charge in [-0.25, -0.2) is 4.79 Å². The van der Waals surface area contributed by atoms with Gasteiger partial charge in [0.05, 0.1) is 37.5 Å². The van der Waals surface area contributed by atoms with Gasteiger partial charge in [-0.05, 0) is 12.8 Å². The molecule has 5 atom stereocenters. The van der Waals surface area contributed by atoms with E-state index in [9.17, 15) is 19.6 Å². The van der Waals surface area contributed by atoms with Crippen molar-refractivity contribution >= 4 is 21.0 Å². The van der Waals surface area contributed by atoms with Crippen molar-refractivity contribution in [1.82, 2.24) is 14.7 Å². The maximum Gasteiger partial charge on any atom is 0.330 e. The van der Waals surface area contributed by atoms with Gasteiger partial charge < -0.3 is 38.5 Å². The molecular weight excluding hydrogens is 365 g/mol. The van der Waals surface area contributed by atoms with Gasteiger partial charge in [-0.15, -0.1) is 0 Å². The minimum Gasteiger partial charge on any atom is -0.391 e. The molecule has 150 valence electrons. The van der Waals surface area contributed by atoms with E-state index in [0.29, 0.717) is 26.0 Å². The van der Waals surface area contributed by atoms with Crippen LogP contribution in [0.15, 0.2) is 0 Å². The van der Waals surface area contributed by atoms with Crippen molar-refractivity contribution in [2.24, 2.45) is 0 Å². The van der Waals surface area contributed by atoms with Gasteiger partial charge in [-0.1, -0.05) is 0 Å². The van der Waals surface area contributed by atoms with Gasteiger partial charge in [0, 0.05) is 34.3 Å². The molecule has 11 heteroatoms. The SMILES string of the molecule is COC[C@@H]1CC(OP(O)OC[C@@H]2CC(O)CN2C(=O)N(C)C)CN1C=O. The highest BCUT2D eigenvalue weighted by molar-refractivity contribution is 7.40. The van der Waals surface area contributed by atoms with Gasteiger partial charge in [0.1, 0.15) is 0 Å². The highest BCUT2D eigenvalue weighted by Gasteiger charge is 2.37. The number of rotatable bonds is 8. The molecule has 2 saturated heterocycles. The molecule has 2 heterocycles. The fraction of sp³-hybridized carbons (Fsp3) is 0.867. The average molecular weight is 393 g/mol. The average Bonchev–Trinajstić information content (AvgIpc) is 3.15. The number of likely N-dealkylation sites (tertiary alicyclic amines) is 2. The van der Waals surface area contributed by atoms with E-state index >= 15 is 0 Å². The molecule has 0 radical (unpaired) electrons. The summed E-state index contributed by atoms with van der Waals surface area (Å²) in [6.07, 6.45) is 0.760. The zero-order valence-electron chi connectivity index (χ0n) is 15.4. The number of hydrogen-bond acceptors (Lipinski definition) is 7. The smallest absolute Gasteiger partial charge is 0.330 e. The number of amides is 3. The van der Waals surface area contributed by atoms with Crippen molar-refractivity contribution in [3.8, 4) is 0 Å². The van der Waals surface area contributed by atoms with Crippen LogP contribution in [0.1, 0.15) is 12.8 Å². The molecular formula is C15H28N3O7P. The van der Waals surface area contributed by atoms with Crippen LogP contribution in [0.3, 0.4) is 0 Å². The Labute approximate surface area is 154 Å². The van der Waals surface area contributed by atoms with Gasteiger partial charge >= 0.3 is 14.6 Å². The molecule has 0 bridgehead atoms. The van der Waals surface area contributed by atoms with Crippen LogP contribution in [0, 0.1) is 0 Å². The minimum absolute atomic E-state index is 0.0739. The van der Waals surface area contributed by atoms with Crippen molar-refractivity contribution < 1.29 is 33.4 Å². The minimum atomic E-state index is -2.14. The van der Waals surface area contributed by atoms with Crippen LogP contribution in [0.4, 0.5) is 4.79 Å². The summed E-state index contributed by atoms with van der Waals surface area (Å²) in [7, 11) is 2.70. The molecule has 3 unspecified atom stereocenters. The number of carbonyl (C=O) groups excluding carboxylic acids is 2. The Morgan fingerprint density at radius 2 is 2.00 bits per heavy atom. The van der Waals surface area contributed by atoms with Gasteiger partial charge in [0.2, 0.25) is 6.41 Å².